The van der Waals surface area contributed by atoms with Crippen molar-refractivity contribution in [3.05, 3.63) is 120 Å². The molecule has 3 nitrogen and oxygen atoms in total. The van der Waals surface area contributed by atoms with Gasteiger partial charge in [-0.25, -0.2) is 0 Å². The Bertz CT molecular complexity index is 850. The molecule has 2 unspecified atom stereocenters. The van der Waals surface area contributed by atoms with Crippen LogP contribution in [0.15, 0.2) is 97.6 Å². The van der Waals surface area contributed by atoms with Gasteiger partial charge in [-0.1, -0.05) is 91.0 Å². The average Bonchev–Trinajstić information content (AvgIpc) is 2.76. The lowest BCUT2D eigenvalue weighted by atomic mass is 9.63. The van der Waals surface area contributed by atoms with Gasteiger partial charge in [0.15, 0.2) is 0 Å². The van der Waals surface area contributed by atoms with E-state index in [4.69, 9.17) is 0 Å². The molecule has 2 atom stereocenters. The first-order chi connectivity index (χ1) is 13.7. The fourth-order valence-electron chi connectivity index (χ4n) is 4.01. The van der Waals surface area contributed by atoms with Crippen LogP contribution in [0.3, 0.4) is 0 Å². The van der Waals surface area contributed by atoms with Crippen molar-refractivity contribution >= 4 is 0 Å². The van der Waals surface area contributed by atoms with Crippen LogP contribution in [-0.2, 0) is 11.8 Å². The molecule has 0 radical (unpaired) electrons. The Hall–Kier alpha value is -2.72. The zero-order valence-electron chi connectivity index (χ0n) is 15.8. The van der Waals surface area contributed by atoms with E-state index in [1.54, 1.807) is 0 Å². The molecule has 3 heteroatoms. The summed E-state index contributed by atoms with van der Waals surface area (Å²) in [6.07, 6.45) is -0.112. The fourth-order valence-corrected chi connectivity index (χ4v) is 4.01. The van der Waals surface area contributed by atoms with Crippen molar-refractivity contribution in [1.29, 1.82) is 0 Å². The summed E-state index contributed by atoms with van der Waals surface area (Å²) in [5, 5.41) is 31.6. The van der Waals surface area contributed by atoms with Crippen LogP contribution in [0.25, 0.3) is 0 Å². The normalized spacial score (nSPS) is 13.7. The molecule has 3 aromatic carbocycles. The molecular weight excluding hydrogens is 348 g/mol. The van der Waals surface area contributed by atoms with E-state index < -0.39 is 24.2 Å². The molecule has 0 bridgehead atoms. The Morgan fingerprint density at radius 3 is 1.79 bits per heavy atom. The number of aliphatic hydroxyl groups is 3. The number of hydrogen-bond acceptors (Lipinski definition) is 3. The topological polar surface area (TPSA) is 60.7 Å². The zero-order valence-corrected chi connectivity index (χ0v) is 15.8. The van der Waals surface area contributed by atoms with Crippen molar-refractivity contribution < 1.29 is 15.3 Å². The van der Waals surface area contributed by atoms with Crippen molar-refractivity contribution in [2.45, 2.75) is 24.0 Å². The monoisotopic (exact) mass is 374 g/mol. The first-order valence-electron chi connectivity index (χ1n) is 9.43. The summed E-state index contributed by atoms with van der Waals surface area (Å²) >= 11 is 0. The molecule has 3 aromatic rings. The third kappa shape index (κ3) is 3.52. The molecule has 3 rings (SSSR count). The molecule has 0 saturated heterocycles. The van der Waals surface area contributed by atoms with E-state index >= 15 is 0 Å². The molecule has 0 aromatic heterocycles. The van der Waals surface area contributed by atoms with Gasteiger partial charge in [0.1, 0.15) is 6.10 Å². The lowest BCUT2D eigenvalue weighted by Crippen LogP contribution is -2.50. The van der Waals surface area contributed by atoms with Crippen LogP contribution in [-0.4, -0.2) is 34.1 Å². The second-order valence-corrected chi connectivity index (χ2v) is 6.88. The van der Waals surface area contributed by atoms with Gasteiger partial charge in [0.25, 0.3) is 0 Å². The van der Waals surface area contributed by atoms with Gasteiger partial charge in [0.05, 0.1) is 18.1 Å². The minimum absolute atomic E-state index is 0.536. The Morgan fingerprint density at radius 1 is 0.786 bits per heavy atom. The molecule has 0 aliphatic rings. The van der Waals surface area contributed by atoms with E-state index in [-0.39, 0.29) is 0 Å². The van der Waals surface area contributed by atoms with Crippen LogP contribution < -0.4 is 0 Å². The number of hydrogen-bond donors (Lipinski definition) is 3. The standard InChI is InChI=1S/C25H26O3/c1-2-11-19-12-9-10-17-22(19)25(24(28)23(27)18-26,20-13-5-3-6-14-20)21-15-7-4-8-16-21/h2-10,12-17,23-24,26-28H,1,11,18H2. The van der Waals surface area contributed by atoms with Gasteiger partial charge < -0.3 is 15.3 Å². The van der Waals surface area contributed by atoms with E-state index in [1.165, 1.54) is 0 Å². The highest BCUT2D eigenvalue weighted by molar-refractivity contribution is 5.55. The van der Waals surface area contributed by atoms with Gasteiger partial charge >= 0.3 is 0 Å². The van der Waals surface area contributed by atoms with Crippen molar-refractivity contribution in [1.82, 2.24) is 0 Å². The van der Waals surface area contributed by atoms with E-state index in [0.717, 1.165) is 22.3 Å². The molecule has 0 aliphatic carbocycles. The molecule has 0 heterocycles. The van der Waals surface area contributed by atoms with E-state index in [1.807, 2.05) is 91.0 Å². The third-order valence-electron chi connectivity index (χ3n) is 5.26. The molecule has 144 valence electrons. The van der Waals surface area contributed by atoms with Crippen molar-refractivity contribution in [2.24, 2.45) is 0 Å². The second-order valence-electron chi connectivity index (χ2n) is 6.88. The minimum Gasteiger partial charge on any atom is -0.394 e. The first kappa shape index (κ1) is 20.0. The van der Waals surface area contributed by atoms with E-state index in [2.05, 4.69) is 6.58 Å². The SMILES string of the molecule is C=CCc1ccccc1C(c1ccccc1)(c1ccccc1)C(O)C(O)CO. The zero-order chi connectivity index (χ0) is 20.0. The molecule has 0 spiro atoms. The lowest BCUT2D eigenvalue weighted by molar-refractivity contribution is -0.0374. The summed E-state index contributed by atoms with van der Waals surface area (Å²) in [4.78, 5) is 0. The maximum absolute atomic E-state index is 11.4. The summed E-state index contributed by atoms with van der Waals surface area (Å²) in [6, 6.07) is 27.2. The molecule has 0 fully saturated rings. The molecule has 0 amide bonds. The van der Waals surface area contributed by atoms with Crippen molar-refractivity contribution in [2.75, 3.05) is 6.61 Å². The first-order valence-corrected chi connectivity index (χ1v) is 9.43. The van der Waals surface area contributed by atoms with Gasteiger partial charge in [-0.3, -0.25) is 0 Å². The lowest BCUT2D eigenvalue weighted by Gasteiger charge is -2.42. The van der Waals surface area contributed by atoms with Gasteiger partial charge in [-0.15, -0.1) is 6.58 Å². The molecule has 28 heavy (non-hydrogen) atoms. The molecule has 0 aliphatic heterocycles. The van der Waals surface area contributed by atoms with Crippen molar-refractivity contribution in [3.8, 4) is 0 Å². The highest BCUT2D eigenvalue weighted by atomic mass is 16.4. The minimum atomic E-state index is -1.31. The highest BCUT2D eigenvalue weighted by Gasteiger charge is 2.46. The van der Waals surface area contributed by atoms with E-state index in [0.29, 0.717) is 6.42 Å². The van der Waals surface area contributed by atoms with Crippen LogP contribution in [0.2, 0.25) is 0 Å². The summed E-state index contributed by atoms with van der Waals surface area (Å²) in [5.41, 5.74) is 2.53. The maximum atomic E-state index is 11.4. The summed E-state index contributed by atoms with van der Waals surface area (Å²) in [5.74, 6) is 0. The van der Waals surface area contributed by atoms with Crippen LogP contribution in [0.4, 0.5) is 0 Å². The molecule has 3 N–H and O–H groups in total. The van der Waals surface area contributed by atoms with Gasteiger partial charge in [0, 0.05) is 0 Å². The van der Waals surface area contributed by atoms with Crippen molar-refractivity contribution in [3.63, 3.8) is 0 Å². The predicted molar refractivity (Wildman–Crippen MR) is 112 cm³/mol. The van der Waals surface area contributed by atoms with Crippen LogP contribution in [0.1, 0.15) is 22.3 Å². The number of benzene rings is 3. The fraction of sp³-hybridized carbons (Fsp3) is 0.200. The van der Waals surface area contributed by atoms with Crippen LogP contribution >= 0.6 is 0 Å². The summed E-state index contributed by atoms with van der Waals surface area (Å²) in [7, 11) is 0. The molecule has 0 saturated carbocycles. The Labute approximate surface area is 166 Å². The van der Waals surface area contributed by atoms with Gasteiger partial charge in [-0.2, -0.15) is 0 Å². The average molecular weight is 374 g/mol. The Balaban J connectivity index is 2.43. The molecular formula is C25H26O3. The largest absolute Gasteiger partial charge is 0.394 e. The predicted octanol–water partition coefficient (Wildman–Crippen LogP) is 3.46. The highest BCUT2D eigenvalue weighted by Crippen LogP contribution is 2.44. The third-order valence-corrected chi connectivity index (χ3v) is 5.26. The number of rotatable bonds is 8. The number of aliphatic hydroxyl groups excluding tert-OH is 3. The summed E-state index contributed by atoms with van der Waals surface area (Å²) in [6.45, 7) is 3.33. The van der Waals surface area contributed by atoms with Gasteiger partial charge in [0.2, 0.25) is 0 Å². The van der Waals surface area contributed by atoms with Crippen LogP contribution in [0.5, 0.6) is 0 Å². The quantitative estimate of drug-likeness (QED) is 0.418. The second kappa shape index (κ2) is 8.98. The van der Waals surface area contributed by atoms with E-state index in [9.17, 15) is 15.3 Å². The summed E-state index contributed by atoms with van der Waals surface area (Å²) < 4.78 is 0. The number of allylic oxidation sites excluding steroid dienone is 1. The smallest absolute Gasteiger partial charge is 0.104 e. The Kier molecular flexibility index (Phi) is 6.42. The Morgan fingerprint density at radius 2 is 1.29 bits per heavy atom. The van der Waals surface area contributed by atoms with Gasteiger partial charge in [-0.05, 0) is 28.7 Å². The van der Waals surface area contributed by atoms with Crippen LogP contribution in [0, 0.1) is 0 Å². The maximum Gasteiger partial charge on any atom is 0.104 e.